The minimum absolute atomic E-state index is 0.00910. The number of nitrogens with one attached hydrogen (secondary N) is 2. The fourth-order valence-electron chi connectivity index (χ4n) is 1.72. The van der Waals surface area contributed by atoms with E-state index in [1.807, 2.05) is 30.3 Å². The molecule has 1 aromatic rings. The molecule has 1 unspecified atom stereocenters. The van der Waals surface area contributed by atoms with Gasteiger partial charge in [-0.05, 0) is 18.4 Å². The van der Waals surface area contributed by atoms with Crippen LogP contribution in [-0.2, 0) is 16.0 Å². The van der Waals surface area contributed by atoms with E-state index in [1.165, 1.54) is 0 Å². The van der Waals surface area contributed by atoms with Crippen LogP contribution in [0.25, 0.3) is 0 Å². The second-order valence-electron chi connectivity index (χ2n) is 4.53. The summed E-state index contributed by atoms with van der Waals surface area (Å²) in [6.07, 6.45) is 0.830. The Hall–Kier alpha value is -2.57. The molecule has 0 saturated heterocycles. The highest BCUT2D eigenvalue weighted by Gasteiger charge is 2.19. The summed E-state index contributed by atoms with van der Waals surface area (Å²) < 4.78 is 0. The molecule has 114 valence electrons. The highest BCUT2D eigenvalue weighted by Crippen LogP contribution is 2.05. The van der Waals surface area contributed by atoms with Crippen molar-refractivity contribution in [1.82, 2.24) is 10.6 Å². The number of amides is 3. The van der Waals surface area contributed by atoms with E-state index in [2.05, 4.69) is 10.6 Å². The molecule has 1 aromatic carbocycles. The van der Waals surface area contributed by atoms with Crippen LogP contribution in [0.3, 0.4) is 0 Å². The molecule has 3 amide bonds. The van der Waals surface area contributed by atoms with Crippen LogP contribution in [0.5, 0.6) is 0 Å². The molecule has 7 nitrogen and oxygen atoms in total. The second-order valence-corrected chi connectivity index (χ2v) is 4.53. The van der Waals surface area contributed by atoms with Gasteiger partial charge in [0, 0.05) is 13.0 Å². The number of carboxylic acid groups (broad SMARTS) is 1. The number of aryl methyl sites for hydroxylation is 1. The van der Waals surface area contributed by atoms with Gasteiger partial charge in [-0.25, -0.2) is 9.59 Å². The van der Waals surface area contributed by atoms with Gasteiger partial charge in [-0.1, -0.05) is 30.3 Å². The molecule has 0 radical (unpaired) electrons. The lowest BCUT2D eigenvalue weighted by molar-refractivity contribution is -0.139. The van der Waals surface area contributed by atoms with Crippen molar-refractivity contribution in [1.29, 1.82) is 0 Å². The number of hydrogen-bond acceptors (Lipinski definition) is 3. The van der Waals surface area contributed by atoms with Crippen molar-refractivity contribution in [2.75, 3.05) is 6.54 Å². The van der Waals surface area contributed by atoms with E-state index in [1.54, 1.807) is 0 Å². The van der Waals surface area contributed by atoms with Crippen LogP contribution < -0.4 is 16.4 Å². The largest absolute Gasteiger partial charge is 0.480 e. The van der Waals surface area contributed by atoms with E-state index in [0.29, 0.717) is 6.42 Å². The average molecular weight is 293 g/mol. The maximum atomic E-state index is 11.5. The molecule has 0 aliphatic carbocycles. The summed E-state index contributed by atoms with van der Waals surface area (Å²) in [4.78, 5) is 33.2. The standard InChI is InChI=1S/C14H19N3O4/c15-12(18)8-9-16-14(21)17-11(13(19)20)7-6-10-4-2-1-3-5-10/h1-5,11H,6-9H2,(H2,15,18)(H,19,20)(H2,16,17,21). The fourth-order valence-corrected chi connectivity index (χ4v) is 1.72. The van der Waals surface area contributed by atoms with Gasteiger partial charge in [-0.3, -0.25) is 4.79 Å². The van der Waals surface area contributed by atoms with Crippen molar-refractivity contribution in [3.05, 3.63) is 35.9 Å². The molecule has 0 aliphatic rings. The first-order valence-electron chi connectivity index (χ1n) is 6.58. The number of hydrogen-bond donors (Lipinski definition) is 4. The van der Waals surface area contributed by atoms with E-state index >= 15 is 0 Å². The molecular formula is C14H19N3O4. The van der Waals surface area contributed by atoms with Crippen LogP contribution in [0.2, 0.25) is 0 Å². The van der Waals surface area contributed by atoms with Crippen molar-refractivity contribution in [3.8, 4) is 0 Å². The smallest absolute Gasteiger partial charge is 0.326 e. The molecule has 1 atom stereocenters. The number of carboxylic acids is 1. The van der Waals surface area contributed by atoms with E-state index in [9.17, 15) is 14.4 Å². The van der Waals surface area contributed by atoms with Gasteiger partial charge >= 0.3 is 12.0 Å². The summed E-state index contributed by atoms with van der Waals surface area (Å²) in [5.74, 6) is -1.63. The number of benzene rings is 1. The lowest BCUT2D eigenvalue weighted by atomic mass is 10.1. The third-order valence-electron chi connectivity index (χ3n) is 2.82. The van der Waals surface area contributed by atoms with Crippen LogP contribution in [0, 0.1) is 0 Å². The monoisotopic (exact) mass is 293 g/mol. The molecule has 0 fully saturated rings. The Morgan fingerprint density at radius 2 is 1.86 bits per heavy atom. The van der Waals surface area contributed by atoms with Crippen LogP contribution in [-0.4, -0.2) is 35.6 Å². The maximum Gasteiger partial charge on any atom is 0.326 e. The van der Waals surface area contributed by atoms with Crippen molar-refractivity contribution in [3.63, 3.8) is 0 Å². The van der Waals surface area contributed by atoms with Gasteiger partial charge in [0.15, 0.2) is 0 Å². The molecule has 5 N–H and O–H groups in total. The van der Waals surface area contributed by atoms with E-state index in [-0.39, 0.29) is 19.4 Å². The fraction of sp³-hybridized carbons (Fsp3) is 0.357. The first-order chi connectivity index (χ1) is 9.99. The average Bonchev–Trinajstić information content (AvgIpc) is 2.43. The predicted octanol–water partition coefficient (Wildman–Crippen LogP) is 0.247. The van der Waals surface area contributed by atoms with Crippen molar-refractivity contribution < 1.29 is 19.5 Å². The molecule has 21 heavy (non-hydrogen) atoms. The Morgan fingerprint density at radius 1 is 1.19 bits per heavy atom. The topological polar surface area (TPSA) is 122 Å². The Labute approximate surface area is 122 Å². The Bertz CT molecular complexity index is 490. The summed E-state index contributed by atoms with van der Waals surface area (Å²) in [6, 6.07) is 7.79. The molecular weight excluding hydrogens is 274 g/mol. The van der Waals surface area contributed by atoms with E-state index < -0.39 is 23.9 Å². The summed E-state index contributed by atoms with van der Waals surface area (Å²) in [6.45, 7) is 0.0756. The molecule has 7 heteroatoms. The van der Waals surface area contributed by atoms with Gasteiger partial charge < -0.3 is 21.5 Å². The van der Waals surface area contributed by atoms with Crippen LogP contribution in [0.4, 0.5) is 4.79 Å². The number of rotatable bonds is 8. The van der Waals surface area contributed by atoms with Crippen LogP contribution >= 0.6 is 0 Å². The molecule has 0 aliphatic heterocycles. The van der Waals surface area contributed by atoms with Crippen LogP contribution in [0.15, 0.2) is 30.3 Å². The molecule has 0 bridgehead atoms. The maximum absolute atomic E-state index is 11.5. The van der Waals surface area contributed by atoms with Gasteiger partial charge in [0.1, 0.15) is 6.04 Å². The number of aliphatic carboxylic acids is 1. The Kier molecular flexibility index (Phi) is 6.73. The third kappa shape index (κ3) is 6.95. The second kappa shape index (κ2) is 8.57. The third-order valence-corrected chi connectivity index (χ3v) is 2.82. The van der Waals surface area contributed by atoms with E-state index in [4.69, 9.17) is 10.8 Å². The zero-order valence-electron chi connectivity index (χ0n) is 11.5. The van der Waals surface area contributed by atoms with Crippen molar-refractivity contribution >= 4 is 17.9 Å². The zero-order valence-corrected chi connectivity index (χ0v) is 11.5. The number of nitrogens with two attached hydrogens (primary N) is 1. The van der Waals surface area contributed by atoms with Crippen molar-refractivity contribution in [2.45, 2.75) is 25.3 Å². The minimum atomic E-state index is -1.10. The quantitative estimate of drug-likeness (QED) is 0.548. The van der Waals surface area contributed by atoms with Gasteiger partial charge in [0.2, 0.25) is 5.91 Å². The Balaban J connectivity index is 2.41. The minimum Gasteiger partial charge on any atom is -0.480 e. The molecule has 0 spiro atoms. The SMILES string of the molecule is NC(=O)CCNC(=O)NC(CCc1ccccc1)C(=O)O. The number of carbonyl (C=O) groups is 3. The van der Waals surface area contributed by atoms with E-state index in [0.717, 1.165) is 5.56 Å². The normalized spacial score (nSPS) is 11.4. The van der Waals surface area contributed by atoms with Gasteiger partial charge in [-0.2, -0.15) is 0 Å². The van der Waals surface area contributed by atoms with Crippen molar-refractivity contribution in [2.24, 2.45) is 5.73 Å². The van der Waals surface area contributed by atoms with Gasteiger partial charge in [0.05, 0.1) is 0 Å². The molecule has 0 heterocycles. The van der Waals surface area contributed by atoms with Gasteiger partial charge in [-0.15, -0.1) is 0 Å². The summed E-state index contributed by atoms with van der Waals surface area (Å²) in [7, 11) is 0. The summed E-state index contributed by atoms with van der Waals surface area (Å²) in [5.41, 5.74) is 5.94. The number of urea groups is 1. The summed E-state index contributed by atoms with van der Waals surface area (Å²) in [5, 5.41) is 13.8. The predicted molar refractivity (Wildman–Crippen MR) is 76.5 cm³/mol. The lowest BCUT2D eigenvalue weighted by Crippen LogP contribution is -2.46. The highest BCUT2D eigenvalue weighted by atomic mass is 16.4. The number of primary amides is 1. The van der Waals surface area contributed by atoms with Crippen LogP contribution in [0.1, 0.15) is 18.4 Å². The number of carbonyl (C=O) groups excluding carboxylic acids is 2. The summed E-state index contributed by atoms with van der Waals surface area (Å²) >= 11 is 0. The molecule has 0 aromatic heterocycles. The zero-order chi connectivity index (χ0) is 15.7. The van der Waals surface area contributed by atoms with Gasteiger partial charge in [0.25, 0.3) is 0 Å². The molecule has 1 rings (SSSR count). The first-order valence-corrected chi connectivity index (χ1v) is 6.58. The first kappa shape index (κ1) is 16.5. The Morgan fingerprint density at radius 3 is 2.43 bits per heavy atom. The molecule has 0 saturated carbocycles. The lowest BCUT2D eigenvalue weighted by Gasteiger charge is -2.15. The highest BCUT2D eigenvalue weighted by molar-refractivity contribution is 5.82.